The number of nitriles is 1. The summed E-state index contributed by atoms with van der Waals surface area (Å²) in [5, 5.41) is 8.78. The molecule has 3 nitrogen and oxygen atoms in total. The number of carbonyl (C=O) groups excluding carboxylic acids is 1. The first kappa shape index (κ1) is 14.8. The van der Waals surface area contributed by atoms with E-state index in [0.717, 1.165) is 14.6 Å². The first-order chi connectivity index (χ1) is 9.52. The molecule has 20 heavy (non-hydrogen) atoms. The van der Waals surface area contributed by atoms with Crippen LogP contribution in [-0.2, 0) is 0 Å². The average molecular weight is 394 g/mol. The van der Waals surface area contributed by atoms with Gasteiger partial charge in [-0.25, -0.2) is 0 Å². The van der Waals surface area contributed by atoms with Gasteiger partial charge < -0.3 is 4.90 Å². The molecule has 0 atom stereocenters. The summed E-state index contributed by atoms with van der Waals surface area (Å²) < 4.78 is 1.64. The van der Waals surface area contributed by atoms with E-state index in [2.05, 4.69) is 37.9 Å². The molecule has 0 aliphatic heterocycles. The summed E-state index contributed by atoms with van der Waals surface area (Å²) in [5.41, 5.74) is 1.89. The van der Waals surface area contributed by atoms with Crippen molar-refractivity contribution in [2.24, 2.45) is 0 Å². The van der Waals surface area contributed by atoms with Gasteiger partial charge >= 0.3 is 0 Å². The van der Waals surface area contributed by atoms with Crippen LogP contribution in [0.3, 0.4) is 0 Å². The van der Waals surface area contributed by atoms with Crippen molar-refractivity contribution in [3.05, 3.63) is 62.5 Å². The summed E-state index contributed by atoms with van der Waals surface area (Å²) in [4.78, 5) is 14.0. The van der Waals surface area contributed by atoms with Crippen LogP contribution in [0, 0.1) is 11.3 Å². The van der Waals surface area contributed by atoms with Crippen molar-refractivity contribution < 1.29 is 4.79 Å². The molecule has 0 aliphatic rings. The maximum atomic E-state index is 12.4. The molecule has 0 heterocycles. The fourth-order valence-corrected chi connectivity index (χ4v) is 2.94. The molecule has 0 unspecified atom stereocenters. The van der Waals surface area contributed by atoms with Gasteiger partial charge in [0.15, 0.2) is 0 Å². The predicted molar refractivity (Wildman–Crippen MR) is 85.7 cm³/mol. The molecule has 0 bridgehead atoms. The van der Waals surface area contributed by atoms with E-state index in [1.807, 2.05) is 12.1 Å². The number of halogens is 2. The number of carbonyl (C=O) groups is 1. The second-order valence-corrected chi connectivity index (χ2v) is 5.92. The van der Waals surface area contributed by atoms with E-state index in [1.54, 1.807) is 42.3 Å². The van der Waals surface area contributed by atoms with Gasteiger partial charge in [0.25, 0.3) is 5.91 Å². The number of amides is 1. The zero-order chi connectivity index (χ0) is 14.7. The van der Waals surface area contributed by atoms with Crippen LogP contribution in [0.5, 0.6) is 0 Å². The van der Waals surface area contributed by atoms with Gasteiger partial charge in [0.2, 0.25) is 0 Å². The molecule has 2 rings (SSSR count). The van der Waals surface area contributed by atoms with Crippen LogP contribution in [0.25, 0.3) is 0 Å². The monoisotopic (exact) mass is 392 g/mol. The predicted octanol–water partition coefficient (Wildman–Crippen LogP) is 4.36. The Labute approximate surface area is 134 Å². The van der Waals surface area contributed by atoms with Gasteiger partial charge in [0, 0.05) is 21.7 Å². The van der Waals surface area contributed by atoms with E-state index in [9.17, 15) is 4.79 Å². The van der Waals surface area contributed by atoms with Crippen molar-refractivity contribution in [2.45, 2.75) is 0 Å². The summed E-state index contributed by atoms with van der Waals surface area (Å²) in [6, 6.07) is 14.4. The number of benzene rings is 2. The van der Waals surface area contributed by atoms with Crippen molar-refractivity contribution in [3.8, 4) is 6.07 Å². The maximum absolute atomic E-state index is 12.4. The molecule has 0 saturated heterocycles. The summed E-state index contributed by atoms with van der Waals surface area (Å²) in [7, 11) is 1.71. The van der Waals surface area contributed by atoms with Gasteiger partial charge in [-0.1, -0.05) is 15.9 Å². The van der Waals surface area contributed by atoms with E-state index in [-0.39, 0.29) is 5.91 Å². The van der Waals surface area contributed by atoms with Crippen LogP contribution in [0.15, 0.2) is 51.4 Å². The Morgan fingerprint density at radius 1 is 1.15 bits per heavy atom. The Kier molecular flexibility index (Phi) is 4.58. The molecule has 0 aliphatic carbocycles. The number of hydrogen-bond donors (Lipinski definition) is 0. The Hall–Kier alpha value is -1.64. The molecule has 0 N–H and O–H groups in total. The molecule has 0 fully saturated rings. The van der Waals surface area contributed by atoms with Gasteiger partial charge in [-0.15, -0.1) is 0 Å². The molecule has 0 aromatic heterocycles. The van der Waals surface area contributed by atoms with Crippen molar-refractivity contribution in [2.75, 3.05) is 11.9 Å². The van der Waals surface area contributed by atoms with Crippen LogP contribution >= 0.6 is 31.9 Å². The average Bonchev–Trinajstić information content (AvgIpc) is 2.46. The zero-order valence-electron chi connectivity index (χ0n) is 10.6. The molecule has 0 spiro atoms. The lowest BCUT2D eigenvalue weighted by Crippen LogP contribution is -2.26. The Morgan fingerprint density at radius 2 is 1.80 bits per heavy atom. The highest BCUT2D eigenvalue weighted by Crippen LogP contribution is 2.24. The van der Waals surface area contributed by atoms with Gasteiger partial charge in [-0.3, -0.25) is 4.79 Å². The van der Waals surface area contributed by atoms with E-state index in [1.165, 1.54) is 0 Å². The minimum Gasteiger partial charge on any atom is -0.311 e. The topological polar surface area (TPSA) is 44.1 Å². The molecule has 100 valence electrons. The third-order valence-electron chi connectivity index (χ3n) is 2.85. The number of nitrogens with zero attached hydrogens (tertiary/aromatic N) is 2. The maximum Gasteiger partial charge on any atom is 0.259 e. The van der Waals surface area contributed by atoms with Crippen molar-refractivity contribution in [1.29, 1.82) is 5.26 Å². The van der Waals surface area contributed by atoms with E-state index < -0.39 is 0 Å². The third-order valence-corrected chi connectivity index (χ3v) is 4.00. The van der Waals surface area contributed by atoms with Crippen LogP contribution in [0.2, 0.25) is 0 Å². The minimum atomic E-state index is -0.117. The summed E-state index contributed by atoms with van der Waals surface area (Å²) in [6.45, 7) is 0. The summed E-state index contributed by atoms with van der Waals surface area (Å²) in [5.74, 6) is -0.117. The first-order valence-corrected chi connectivity index (χ1v) is 7.35. The molecule has 2 aromatic rings. The molecule has 1 amide bonds. The second kappa shape index (κ2) is 6.21. The Morgan fingerprint density at radius 3 is 2.35 bits per heavy atom. The summed E-state index contributed by atoms with van der Waals surface area (Å²) >= 11 is 6.75. The molecule has 0 saturated carbocycles. The van der Waals surface area contributed by atoms with Crippen LogP contribution in [0.4, 0.5) is 5.69 Å². The lowest BCUT2D eigenvalue weighted by atomic mass is 10.1. The largest absolute Gasteiger partial charge is 0.311 e. The van der Waals surface area contributed by atoms with Gasteiger partial charge in [-0.05, 0) is 58.4 Å². The standard InChI is InChI=1S/C15H10Br2N2O/c1-19(12-5-2-10(9-18)3-6-12)15(20)13-7-4-11(16)8-14(13)17/h2-8H,1H3. The lowest BCUT2D eigenvalue weighted by molar-refractivity contribution is 0.0992. The quantitative estimate of drug-likeness (QED) is 0.760. The SMILES string of the molecule is CN(C(=O)c1ccc(Br)cc1Br)c1ccc(C#N)cc1. The molecule has 5 heteroatoms. The normalized spacial score (nSPS) is 9.90. The fraction of sp³-hybridized carbons (Fsp3) is 0.0667. The van der Waals surface area contributed by atoms with E-state index >= 15 is 0 Å². The first-order valence-electron chi connectivity index (χ1n) is 5.76. The van der Waals surface area contributed by atoms with Crippen LogP contribution in [-0.4, -0.2) is 13.0 Å². The van der Waals surface area contributed by atoms with Crippen molar-refractivity contribution in [3.63, 3.8) is 0 Å². The van der Waals surface area contributed by atoms with Crippen LogP contribution < -0.4 is 4.90 Å². The number of hydrogen-bond acceptors (Lipinski definition) is 2. The van der Waals surface area contributed by atoms with Crippen molar-refractivity contribution in [1.82, 2.24) is 0 Å². The second-order valence-electron chi connectivity index (χ2n) is 4.15. The molecule has 2 aromatic carbocycles. The third kappa shape index (κ3) is 3.09. The zero-order valence-corrected chi connectivity index (χ0v) is 13.8. The summed E-state index contributed by atoms with van der Waals surface area (Å²) in [6.07, 6.45) is 0. The highest BCUT2D eigenvalue weighted by molar-refractivity contribution is 9.11. The fourth-order valence-electron chi connectivity index (χ4n) is 1.72. The Bertz CT molecular complexity index is 690. The van der Waals surface area contributed by atoms with Gasteiger partial charge in [-0.2, -0.15) is 5.26 Å². The molecular weight excluding hydrogens is 384 g/mol. The number of anilines is 1. The van der Waals surface area contributed by atoms with Crippen molar-refractivity contribution >= 4 is 43.5 Å². The van der Waals surface area contributed by atoms with E-state index in [4.69, 9.17) is 5.26 Å². The minimum absolute atomic E-state index is 0.117. The van der Waals surface area contributed by atoms with Gasteiger partial charge in [0.05, 0.1) is 17.2 Å². The van der Waals surface area contributed by atoms with E-state index in [0.29, 0.717) is 11.1 Å². The number of rotatable bonds is 2. The smallest absolute Gasteiger partial charge is 0.259 e. The Balaban J connectivity index is 2.30. The highest BCUT2D eigenvalue weighted by atomic mass is 79.9. The molecule has 0 radical (unpaired) electrons. The highest BCUT2D eigenvalue weighted by Gasteiger charge is 2.16. The molecular formula is C15H10Br2N2O. The van der Waals surface area contributed by atoms with Gasteiger partial charge in [0.1, 0.15) is 0 Å². The van der Waals surface area contributed by atoms with Crippen LogP contribution in [0.1, 0.15) is 15.9 Å². The lowest BCUT2D eigenvalue weighted by Gasteiger charge is -2.18.